The van der Waals surface area contributed by atoms with E-state index in [0.717, 1.165) is 30.1 Å². The highest BCUT2D eigenvalue weighted by atomic mass is 35.5. The molecule has 0 N–H and O–H groups in total. The number of hydrogen-bond acceptors (Lipinski definition) is 1. The summed E-state index contributed by atoms with van der Waals surface area (Å²) >= 11 is 12.0. The summed E-state index contributed by atoms with van der Waals surface area (Å²) in [4.78, 5) is 4.49. The number of benzene rings is 1. The Morgan fingerprint density at radius 3 is 2.86 bits per heavy atom. The predicted octanol–water partition coefficient (Wildman–Crippen LogP) is 5.71. The van der Waals surface area contributed by atoms with Gasteiger partial charge in [-0.2, -0.15) is 0 Å². The summed E-state index contributed by atoms with van der Waals surface area (Å²) in [6.45, 7) is 2.31. The van der Waals surface area contributed by atoms with Gasteiger partial charge in [-0.15, -0.1) is 11.6 Å². The average molecular weight is 329 g/mol. The molecule has 5 heteroatoms. The summed E-state index contributed by atoms with van der Waals surface area (Å²) < 4.78 is 15.8. The monoisotopic (exact) mass is 328 g/mol. The van der Waals surface area contributed by atoms with Crippen LogP contribution in [0.25, 0.3) is 11.0 Å². The Labute approximate surface area is 134 Å². The van der Waals surface area contributed by atoms with E-state index in [4.69, 9.17) is 23.2 Å². The second-order valence-electron chi connectivity index (χ2n) is 6.05. The third-order valence-corrected chi connectivity index (χ3v) is 5.04. The molecule has 2 nitrogen and oxygen atoms in total. The molecule has 0 saturated heterocycles. The Hall–Kier alpha value is -0.800. The van der Waals surface area contributed by atoms with Crippen molar-refractivity contribution in [3.05, 3.63) is 28.8 Å². The topological polar surface area (TPSA) is 17.8 Å². The molecule has 1 aromatic carbocycles. The molecule has 0 aliphatic heterocycles. The smallest absolute Gasteiger partial charge is 0.144 e. The van der Waals surface area contributed by atoms with Crippen LogP contribution >= 0.6 is 23.2 Å². The highest BCUT2D eigenvalue weighted by Gasteiger charge is 2.23. The van der Waals surface area contributed by atoms with Crippen molar-refractivity contribution in [2.45, 2.75) is 50.9 Å². The van der Waals surface area contributed by atoms with Crippen LogP contribution in [-0.2, 0) is 5.88 Å². The van der Waals surface area contributed by atoms with Crippen LogP contribution in [-0.4, -0.2) is 9.55 Å². The molecule has 1 aliphatic rings. The molecule has 2 atom stereocenters. The number of hydrogen-bond donors (Lipinski definition) is 0. The van der Waals surface area contributed by atoms with Gasteiger partial charge in [-0.1, -0.05) is 31.4 Å². The van der Waals surface area contributed by atoms with Crippen LogP contribution in [0.3, 0.4) is 0 Å². The molecule has 0 amide bonds. The van der Waals surface area contributed by atoms with Crippen molar-refractivity contribution in [3.63, 3.8) is 0 Å². The lowest BCUT2D eigenvalue weighted by atomic mass is 10.0. The van der Waals surface area contributed by atoms with E-state index in [2.05, 4.69) is 16.5 Å². The van der Waals surface area contributed by atoms with Crippen LogP contribution in [0.2, 0.25) is 5.02 Å². The zero-order chi connectivity index (χ0) is 15.0. The second kappa shape index (κ2) is 6.13. The molecule has 1 heterocycles. The van der Waals surface area contributed by atoms with Gasteiger partial charge in [0.2, 0.25) is 0 Å². The molecule has 0 bridgehead atoms. The van der Waals surface area contributed by atoms with E-state index in [0.29, 0.717) is 17.4 Å². The Kier molecular flexibility index (Phi) is 4.41. The summed E-state index contributed by atoms with van der Waals surface area (Å²) in [6, 6.07) is 3.47. The molecular weight excluding hydrogens is 310 g/mol. The van der Waals surface area contributed by atoms with Crippen molar-refractivity contribution in [3.8, 4) is 0 Å². The summed E-state index contributed by atoms with van der Waals surface area (Å²) in [5, 5.41) is 0.145. The minimum atomic E-state index is -0.426. The molecule has 1 aliphatic carbocycles. The van der Waals surface area contributed by atoms with Gasteiger partial charge in [0.15, 0.2) is 0 Å². The molecule has 1 fully saturated rings. The molecule has 2 unspecified atom stereocenters. The SMILES string of the molecule is CC1CCCC(n2c(CCl)nc3cc(F)c(Cl)cc32)CC1. The molecule has 1 saturated carbocycles. The van der Waals surface area contributed by atoms with Crippen LogP contribution in [0, 0.1) is 11.7 Å². The first-order valence-corrected chi connectivity index (χ1v) is 8.43. The molecule has 0 radical (unpaired) electrons. The second-order valence-corrected chi connectivity index (χ2v) is 6.73. The van der Waals surface area contributed by atoms with Crippen LogP contribution in [0.1, 0.15) is 50.9 Å². The highest BCUT2D eigenvalue weighted by molar-refractivity contribution is 6.31. The minimum absolute atomic E-state index is 0.145. The van der Waals surface area contributed by atoms with Gasteiger partial charge < -0.3 is 4.57 Å². The standard InChI is InChI=1S/C16H19Cl2FN2/c1-10-3-2-4-11(6-5-10)21-15-7-12(18)13(19)8-14(15)20-16(21)9-17/h7-8,10-11H,2-6,9H2,1H3. The molecular formula is C16H19Cl2FN2. The number of alkyl halides is 1. The fourth-order valence-corrected chi connectivity index (χ4v) is 3.71. The highest BCUT2D eigenvalue weighted by Crippen LogP contribution is 2.35. The molecule has 0 spiro atoms. The van der Waals surface area contributed by atoms with E-state index < -0.39 is 5.82 Å². The predicted molar refractivity (Wildman–Crippen MR) is 85.5 cm³/mol. The van der Waals surface area contributed by atoms with Crippen molar-refractivity contribution in [2.75, 3.05) is 0 Å². The zero-order valence-electron chi connectivity index (χ0n) is 12.1. The van der Waals surface area contributed by atoms with Crippen LogP contribution in [0.4, 0.5) is 4.39 Å². The lowest BCUT2D eigenvalue weighted by molar-refractivity contribution is 0.433. The van der Waals surface area contributed by atoms with Gasteiger partial charge in [0.25, 0.3) is 0 Å². The first-order chi connectivity index (χ1) is 10.1. The van der Waals surface area contributed by atoms with Crippen molar-refractivity contribution in [2.24, 2.45) is 5.92 Å². The van der Waals surface area contributed by atoms with Crippen molar-refractivity contribution < 1.29 is 4.39 Å². The van der Waals surface area contributed by atoms with Gasteiger partial charge in [0.05, 0.1) is 21.9 Å². The van der Waals surface area contributed by atoms with Crippen LogP contribution in [0.5, 0.6) is 0 Å². The van der Waals surface area contributed by atoms with Gasteiger partial charge >= 0.3 is 0 Å². The van der Waals surface area contributed by atoms with E-state index in [9.17, 15) is 4.39 Å². The summed E-state index contributed by atoms with van der Waals surface area (Å²) in [6.07, 6.45) is 5.93. The molecule has 21 heavy (non-hydrogen) atoms. The number of fused-ring (bicyclic) bond motifs is 1. The maximum absolute atomic E-state index is 13.6. The van der Waals surface area contributed by atoms with Gasteiger partial charge in [-0.05, 0) is 31.2 Å². The molecule has 3 rings (SSSR count). The largest absolute Gasteiger partial charge is 0.324 e. The zero-order valence-corrected chi connectivity index (χ0v) is 13.6. The first-order valence-electron chi connectivity index (χ1n) is 7.52. The van der Waals surface area contributed by atoms with E-state index in [-0.39, 0.29) is 5.02 Å². The molecule has 114 valence electrons. The summed E-state index contributed by atoms with van der Waals surface area (Å²) in [7, 11) is 0. The van der Waals surface area contributed by atoms with Crippen molar-refractivity contribution in [1.82, 2.24) is 9.55 Å². The van der Waals surface area contributed by atoms with E-state index in [1.807, 2.05) is 0 Å². The number of imidazole rings is 1. The van der Waals surface area contributed by atoms with Crippen molar-refractivity contribution in [1.29, 1.82) is 0 Å². The number of halogens is 3. The minimum Gasteiger partial charge on any atom is -0.324 e. The third kappa shape index (κ3) is 2.91. The number of aromatic nitrogens is 2. The van der Waals surface area contributed by atoms with Crippen LogP contribution < -0.4 is 0 Å². The lowest BCUT2D eigenvalue weighted by Crippen LogP contribution is -2.11. The first kappa shape index (κ1) is 15.1. The molecule has 2 aromatic rings. The van der Waals surface area contributed by atoms with Gasteiger partial charge in [-0.25, -0.2) is 9.37 Å². The van der Waals surface area contributed by atoms with Crippen molar-refractivity contribution >= 4 is 34.2 Å². The van der Waals surface area contributed by atoms with Gasteiger partial charge in [0.1, 0.15) is 11.6 Å². The fourth-order valence-electron chi connectivity index (χ4n) is 3.37. The Morgan fingerprint density at radius 2 is 2.10 bits per heavy atom. The van der Waals surface area contributed by atoms with E-state index in [1.54, 1.807) is 6.07 Å². The average Bonchev–Trinajstić information content (AvgIpc) is 2.66. The lowest BCUT2D eigenvalue weighted by Gasteiger charge is -2.19. The number of rotatable bonds is 2. The third-order valence-electron chi connectivity index (χ3n) is 4.52. The summed E-state index contributed by atoms with van der Waals surface area (Å²) in [5.74, 6) is 1.49. The Bertz CT molecular complexity index is 653. The van der Waals surface area contributed by atoms with Gasteiger partial charge in [-0.3, -0.25) is 0 Å². The fraction of sp³-hybridized carbons (Fsp3) is 0.562. The number of nitrogens with zero attached hydrogens (tertiary/aromatic N) is 2. The van der Waals surface area contributed by atoms with Crippen LogP contribution in [0.15, 0.2) is 12.1 Å². The Morgan fingerprint density at radius 1 is 1.29 bits per heavy atom. The van der Waals surface area contributed by atoms with Gasteiger partial charge in [0, 0.05) is 12.1 Å². The van der Waals surface area contributed by atoms with E-state index in [1.165, 1.54) is 25.3 Å². The molecule has 1 aromatic heterocycles. The quantitative estimate of drug-likeness (QED) is 0.510. The Balaban J connectivity index is 2.09. The summed E-state index contributed by atoms with van der Waals surface area (Å²) in [5.41, 5.74) is 1.54. The normalized spacial score (nSPS) is 23.4. The maximum Gasteiger partial charge on any atom is 0.144 e. The van der Waals surface area contributed by atoms with E-state index >= 15 is 0 Å². The maximum atomic E-state index is 13.6.